The monoisotopic (exact) mass is 238 g/mol. The molecule has 0 radical (unpaired) electrons. The number of unbranched alkanes of at least 4 members (excludes halogenated alkanes) is 2. The Bertz CT molecular complexity index is 210. The van der Waals surface area contributed by atoms with Gasteiger partial charge in [-0.05, 0) is 18.2 Å². The largest absolute Gasteiger partial charge is 0.332 e. The zero-order valence-corrected chi connectivity index (χ0v) is 10.8. The van der Waals surface area contributed by atoms with Gasteiger partial charge < -0.3 is 9.05 Å². The predicted molar refractivity (Wildman–Crippen MR) is 62.3 cm³/mol. The molecule has 0 fully saturated rings. The second kappa shape index (κ2) is 7.52. The van der Waals surface area contributed by atoms with Crippen LogP contribution in [-0.2, 0) is 25.6 Å². The minimum Gasteiger partial charge on any atom is -0.332 e. The van der Waals surface area contributed by atoms with Gasteiger partial charge in [0.2, 0.25) is 0 Å². The molecular weight excluding hydrogens is 219 g/mol. The Morgan fingerprint density at radius 3 is 2.29 bits per heavy atom. The summed E-state index contributed by atoms with van der Waals surface area (Å²) in [6, 6.07) is 0. The third-order valence-electron chi connectivity index (χ3n) is 1.99. The molecule has 0 aromatic carbocycles. The molecule has 0 spiro atoms. The number of hydrogen-bond acceptors (Lipinski definition) is 4. The maximum Gasteiger partial charge on any atom is 0.195 e. The zero-order valence-electron chi connectivity index (χ0n) is 9.12. The summed E-state index contributed by atoms with van der Waals surface area (Å²) in [6.45, 7) is -0.192. The Labute approximate surface area is 91.3 Å². The van der Waals surface area contributed by atoms with E-state index in [0.29, 0.717) is 6.42 Å². The van der Waals surface area contributed by atoms with Gasteiger partial charge in [-0.3, -0.25) is 4.79 Å². The molecule has 84 valence electrons. The second-order valence-electron chi connectivity index (χ2n) is 3.13. The summed E-state index contributed by atoms with van der Waals surface area (Å²) < 4.78 is 10.1. The van der Waals surface area contributed by atoms with Crippen LogP contribution in [0.3, 0.4) is 0 Å². The van der Waals surface area contributed by atoms with Crippen LogP contribution in [0.1, 0.15) is 32.6 Å². The summed E-state index contributed by atoms with van der Waals surface area (Å²) in [6.07, 6.45) is 4.01. The van der Waals surface area contributed by atoms with E-state index in [1.807, 2.05) is 0 Å². The number of carbonyl (C=O) groups is 1. The molecule has 0 amide bonds. The van der Waals surface area contributed by atoms with Crippen molar-refractivity contribution in [1.82, 2.24) is 0 Å². The van der Waals surface area contributed by atoms with Crippen LogP contribution in [-0.4, -0.2) is 26.2 Å². The number of rotatable bonds is 8. The van der Waals surface area contributed by atoms with Crippen molar-refractivity contribution in [3.8, 4) is 0 Å². The molecule has 0 unspecified atom stereocenters. The zero-order chi connectivity index (χ0) is 11.0. The van der Waals surface area contributed by atoms with Crippen LogP contribution < -0.4 is 0 Å². The normalized spacial score (nSPS) is 11.6. The molecule has 0 heterocycles. The van der Waals surface area contributed by atoms with Gasteiger partial charge in [0, 0.05) is 20.6 Å². The van der Waals surface area contributed by atoms with Gasteiger partial charge in [0.15, 0.2) is 6.49 Å². The standard InChI is InChI=1S/C9H19O3PS/c1-4-5-6-7-9(10)8-13(14,11-2)12-3/h4-8H2,1-3H3. The summed E-state index contributed by atoms with van der Waals surface area (Å²) in [7, 11) is 3.01. The third kappa shape index (κ3) is 5.86. The van der Waals surface area contributed by atoms with Gasteiger partial charge in [-0.2, -0.15) is 0 Å². The number of carbonyl (C=O) groups excluding carboxylic acids is 1. The smallest absolute Gasteiger partial charge is 0.195 e. The van der Waals surface area contributed by atoms with E-state index in [4.69, 9.17) is 20.9 Å². The van der Waals surface area contributed by atoms with Crippen LogP contribution in [0.15, 0.2) is 0 Å². The lowest BCUT2D eigenvalue weighted by Crippen LogP contribution is -2.07. The van der Waals surface area contributed by atoms with Crippen molar-refractivity contribution in [3.05, 3.63) is 0 Å². The Kier molecular flexibility index (Phi) is 7.65. The van der Waals surface area contributed by atoms with Gasteiger partial charge in [0.05, 0.1) is 6.16 Å². The van der Waals surface area contributed by atoms with Crippen LogP contribution in [0.4, 0.5) is 0 Å². The highest BCUT2D eigenvalue weighted by Crippen LogP contribution is 2.46. The quantitative estimate of drug-likeness (QED) is 0.481. The number of ketones is 1. The first-order valence-corrected chi connectivity index (χ1v) is 7.62. The Morgan fingerprint density at radius 2 is 1.86 bits per heavy atom. The summed E-state index contributed by atoms with van der Waals surface area (Å²) >= 11 is 5.11. The lowest BCUT2D eigenvalue weighted by Gasteiger charge is -2.16. The molecular formula is C9H19O3PS. The van der Waals surface area contributed by atoms with Gasteiger partial charge in [-0.15, -0.1) is 0 Å². The van der Waals surface area contributed by atoms with Crippen molar-refractivity contribution < 1.29 is 13.8 Å². The molecule has 0 bridgehead atoms. The van der Waals surface area contributed by atoms with Crippen LogP contribution in [0.25, 0.3) is 0 Å². The highest BCUT2D eigenvalue weighted by Gasteiger charge is 2.19. The summed E-state index contributed by atoms with van der Waals surface area (Å²) in [4.78, 5) is 11.5. The predicted octanol–water partition coefficient (Wildman–Crippen LogP) is 2.74. The van der Waals surface area contributed by atoms with E-state index in [1.54, 1.807) is 0 Å². The first-order chi connectivity index (χ1) is 6.58. The van der Waals surface area contributed by atoms with Gasteiger partial charge in [0.25, 0.3) is 0 Å². The van der Waals surface area contributed by atoms with Gasteiger partial charge in [-0.1, -0.05) is 19.8 Å². The molecule has 0 atom stereocenters. The molecule has 0 saturated heterocycles. The van der Waals surface area contributed by atoms with E-state index >= 15 is 0 Å². The Morgan fingerprint density at radius 1 is 1.29 bits per heavy atom. The number of hydrogen-bond donors (Lipinski definition) is 0. The highest BCUT2D eigenvalue weighted by molar-refractivity contribution is 8.10. The van der Waals surface area contributed by atoms with Crippen molar-refractivity contribution in [3.63, 3.8) is 0 Å². The highest BCUT2D eigenvalue weighted by atomic mass is 32.5. The van der Waals surface area contributed by atoms with E-state index in [-0.39, 0.29) is 11.9 Å². The molecule has 0 aromatic rings. The summed E-state index contributed by atoms with van der Waals surface area (Å²) in [5.74, 6) is 0.158. The topological polar surface area (TPSA) is 35.5 Å². The van der Waals surface area contributed by atoms with Crippen molar-refractivity contribution in [2.45, 2.75) is 32.6 Å². The van der Waals surface area contributed by atoms with Crippen molar-refractivity contribution in [2.24, 2.45) is 0 Å². The average molecular weight is 238 g/mol. The lowest BCUT2D eigenvalue weighted by atomic mass is 10.2. The van der Waals surface area contributed by atoms with Crippen LogP contribution in [0.2, 0.25) is 0 Å². The fourth-order valence-corrected chi connectivity index (χ4v) is 2.50. The van der Waals surface area contributed by atoms with Crippen molar-refractivity contribution >= 4 is 24.1 Å². The lowest BCUT2D eigenvalue weighted by molar-refractivity contribution is -0.116. The van der Waals surface area contributed by atoms with E-state index in [1.165, 1.54) is 14.2 Å². The van der Waals surface area contributed by atoms with Crippen LogP contribution >= 0.6 is 6.49 Å². The molecule has 3 nitrogen and oxygen atoms in total. The van der Waals surface area contributed by atoms with E-state index in [9.17, 15) is 4.79 Å². The Balaban J connectivity index is 3.86. The molecule has 14 heavy (non-hydrogen) atoms. The molecule has 0 aliphatic heterocycles. The third-order valence-corrected chi connectivity index (χ3v) is 5.12. The van der Waals surface area contributed by atoms with Gasteiger partial charge >= 0.3 is 0 Å². The molecule has 0 rings (SSSR count). The van der Waals surface area contributed by atoms with Crippen LogP contribution in [0.5, 0.6) is 0 Å². The number of Topliss-reactive ketones (excluding diaryl/α,β-unsaturated/α-hetero) is 1. The van der Waals surface area contributed by atoms with Gasteiger partial charge in [0.1, 0.15) is 5.78 Å². The summed E-state index contributed by atoms with van der Waals surface area (Å²) in [5, 5.41) is 0. The van der Waals surface area contributed by atoms with Crippen LogP contribution in [0, 0.1) is 0 Å². The van der Waals surface area contributed by atoms with Gasteiger partial charge in [-0.25, -0.2) is 0 Å². The maximum atomic E-state index is 11.5. The van der Waals surface area contributed by atoms with Crippen molar-refractivity contribution in [2.75, 3.05) is 20.4 Å². The average Bonchev–Trinajstić information content (AvgIpc) is 2.18. The first-order valence-electron chi connectivity index (χ1n) is 4.80. The fourth-order valence-electron chi connectivity index (χ4n) is 1.07. The first kappa shape index (κ1) is 14.2. The molecule has 0 aliphatic carbocycles. The fraction of sp³-hybridized carbons (Fsp3) is 0.889. The van der Waals surface area contributed by atoms with Crippen molar-refractivity contribution in [1.29, 1.82) is 0 Å². The molecule has 0 saturated carbocycles. The Hall–Kier alpha value is 0.240. The second-order valence-corrected chi connectivity index (χ2v) is 7.07. The van der Waals surface area contributed by atoms with E-state index in [0.717, 1.165) is 19.3 Å². The maximum absolute atomic E-state index is 11.5. The molecule has 5 heteroatoms. The minimum atomic E-state index is -2.30. The summed E-state index contributed by atoms with van der Waals surface area (Å²) in [5.41, 5.74) is 0. The molecule has 0 N–H and O–H groups in total. The molecule has 0 aliphatic rings. The minimum absolute atomic E-state index is 0.158. The SMILES string of the molecule is CCCCCC(=O)CP(=S)(OC)OC. The molecule has 0 aromatic heterocycles. The van der Waals surface area contributed by atoms with E-state index in [2.05, 4.69) is 6.92 Å². The van der Waals surface area contributed by atoms with E-state index < -0.39 is 6.49 Å².